The minimum Gasteiger partial charge on any atom is -0.324 e. The Kier molecular flexibility index (Phi) is 3.88. The fourth-order valence-corrected chi connectivity index (χ4v) is 2.83. The lowest BCUT2D eigenvalue weighted by molar-refractivity contribution is 0.256. The van der Waals surface area contributed by atoms with Gasteiger partial charge in [0.15, 0.2) is 0 Å². The molecule has 1 aromatic rings. The minimum absolute atomic E-state index is 0.159. The maximum absolute atomic E-state index is 6.33. The number of hydrogen-bond acceptors (Lipinski definition) is 1. The van der Waals surface area contributed by atoms with Crippen LogP contribution in [0.2, 0.25) is 5.02 Å². The fourth-order valence-electron chi connectivity index (χ4n) is 2.63. The maximum Gasteiger partial charge on any atom is 0.0409 e. The smallest absolute Gasteiger partial charge is 0.0409 e. The minimum atomic E-state index is 0.159. The van der Waals surface area contributed by atoms with Gasteiger partial charge in [0.05, 0.1) is 0 Å². The molecule has 2 rings (SSSR count). The summed E-state index contributed by atoms with van der Waals surface area (Å²) in [5.74, 6) is 1.51. The SMILES string of the molecule is CC1CCC(C(N)c2cccc(Cl)c2)CC1. The number of hydrogen-bond donors (Lipinski definition) is 1. The van der Waals surface area contributed by atoms with Gasteiger partial charge in [-0.15, -0.1) is 0 Å². The Hall–Kier alpha value is -0.530. The standard InChI is InChI=1S/C14H20ClN/c1-10-5-7-11(8-6-10)14(16)12-3-2-4-13(15)9-12/h2-4,9-11,14H,5-8,16H2,1H3. The van der Waals surface area contributed by atoms with Crippen molar-refractivity contribution in [3.8, 4) is 0 Å². The van der Waals surface area contributed by atoms with E-state index in [0.29, 0.717) is 5.92 Å². The van der Waals surface area contributed by atoms with E-state index in [1.165, 1.54) is 31.2 Å². The molecule has 88 valence electrons. The second kappa shape index (κ2) is 5.20. The average Bonchev–Trinajstić information content (AvgIpc) is 2.29. The van der Waals surface area contributed by atoms with Crippen molar-refractivity contribution in [2.45, 2.75) is 38.6 Å². The molecule has 2 heteroatoms. The van der Waals surface area contributed by atoms with Gasteiger partial charge in [-0.2, -0.15) is 0 Å². The largest absolute Gasteiger partial charge is 0.324 e. The lowest BCUT2D eigenvalue weighted by Crippen LogP contribution is -2.25. The van der Waals surface area contributed by atoms with Gasteiger partial charge in [0.2, 0.25) is 0 Å². The lowest BCUT2D eigenvalue weighted by Gasteiger charge is -2.30. The molecule has 1 aliphatic carbocycles. The number of benzene rings is 1. The highest BCUT2D eigenvalue weighted by Gasteiger charge is 2.24. The predicted molar refractivity (Wildman–Crippen MR) is 69.5 cm³/mol. The summed E-state index contributed by atoms with van der Waals surface area (Å²) >= 11 is 6.00. The Morgan fingerprint density at radius 1 is 1.25 bits per heavy atom. The molecule has 1 fully saturated rings. The lowest BCUT2D eigenvalue weighted by atomic mass is 9.78. The third kappa shape index (κ3) is 2.78. The topological polar surface area (TPSA) is 26.0 Å². The van der Waals surface area contributed by atoms with Crippen LogP contribution in [0.3, 0.4) is 0 Å². The van der Waals surface area contributed by atoms with Gasteiger partial charge in [0.25, 0.3) is 0 Å². The molecule has 1 unspecified atom stereocenters. The van der Waals surface area contributed by atoms with Gasteiger partial charge in [-0.25, -0.2) is 0 Å². The van der Waals surface area contributed by atoms with Crippen molar-refractivity contribution in [3.63, 3.8) is 0 Å². The van der Waals surface area contributed by atoms with Gasteiger partial charge in [-0.05, 0) is 42.4 Å². The Labute approximate surface area is 103 Å². The Morgan fingerprint density at radius 2 is 1.94 bits per heavy atom. The Bertz CT molecular complexity index is 342. The van der Waals surface area contributed by atoms with E-state index in [1.54, 1.807) is 0 Å². The highest BCUT2D eigenvalue weighted by Crippen LogP contribution is 2.35. The van der Waals surface area contributed by atoms with E-state index < -0.39 is 0 Å². The van der Waals surface area contributed by atoms with Crippen LogP contribution in [0.25, 0.3) is 0 Å². The van der Waals surface area contributed by atoms with Gasteiger partial charge in [0.1, 0.15) is 0 Å². The van der Waals surface area contributed by atoms with E-state index in [4.69, 9.17) is 17.3 Å². The molecule has 0 aliphatic heterocycles. The summed E-state index contributed by atoms with van der Waals surface area (Å²) in [4.78, 5) is 0. The summed E-state index contributed by atoms with van der Waals surface area (Å²) < 4.78 is 0. The molecule has 1 nitrogen and oxygen atoms in total. The van der Waals surface area contributed by atoms with Gasteiger partial charge >= 0.3 is 0 Å². The van der Waals surface area contributed by atoms with Crippen LogP contribution >= 0.6 is 11.6 Å². The Morgan fingerprint density at radius 3 is 2.56 bits per heavy atom. The van der Waals surface area contributed by atoms with Crippen molar-refractivity contribution in [2.24, 2.45) is 17.6 Å². The molecule has 0 heterocycles. The zero-order chi connectivity index (χ0) is 11.5. The van der Waals surface area contributed by atoms with Gasteiger partial charge in [-0.3, -0.25) is 0 Å². The third-order valence-electron chi connectivity index (χ3n) is 3.80. The molecule has 1 atom stereocenters. The van der Waals surface area contributed by atoms with Crippen LogP contribution in [0.1, 0.15) is 44.2 Å². The van der Waals surface area contributed by atoms with E-state index in [2.05, 4.69) is 13.0 Å². The summed E-state index contributed by atoms with van der Waals surface area (Å²) in [6, 6.07) is 8.15. The monoisotopic (exact) mass is 237 g/mol. The van der Waals surface area contributed by atoms with E-state index in [0.717, 1.165) is 10.9 Å². The summed E-state index contributed by atoms with van der Waals surface area (Å²) in [5, 5.41) is 0.789. The van der Waals surface area contributed by atoms with Crippen molar-refractivity contribution in [3.05, 3.63) is 34.9 Å². The maximum atomic E-state index is 6.33. The number of rotatable bonds is 2. The van der Waals surface area contributed by atoms with Crippen molar-refractivity contribution >= 4 is 11.6 Å². The normalized spacial score (nSPS) is 27.7. The first-order valence-electron chi connectivity index (χ1n) is 6.18. The molecule has 0 aromatic heterocycles. The van der Waals surface area contributed by atoms with Crippen LogP contribution in [-0.2, 0) is 0 Å². The fraction of sp³-hybridized carbons (Fsp3) is 0.571. The molecule has 2 N–H and O–H groups in total. The van der Waals surface area contributed by atoms with E-state index >= 15 is 0 Å². The molecule has 16 heavy (non-hydrogen) atoms. The quantitative estimate of drug-likeness (QED) is 0.821. The van der Waals surface area contributed by atoms with E-state index in [-0.39, 0.29) is 6.04 Å². The van der Waals surface area contributed by atoms with Crippen molar-refractivity contribution in [1.82, 2.24) is 0 Å². The summed E-state index contributed by atoms with van der Waals surface area (Å²) in [6.07, 6.45) is 5.15. The molecule has 1 aliphatic rings. The van der Waals surface area contributed by atoms with Crippen LogP contribution in [-0.4, -0.2) is 0 Å². The second-order valence-corrected chi connectivity index (χ2v) is 5.54. The molecule has 1 aromatic carbocycles. The highest BCUT2D eigenvalue weighted by molar-refractivity contribution is 6.30. The predicted octanol–water partition coefficient (Wildman–Crippen LogP) is 4.17. The molecular formula is C14H20ClN. The van der Waals surface area contributed by atoms with Crippen LogP contribution < -0.4 is 5.73 Å². The first-order valence-corrected chi connectivity index (χ1v) is 6.55. The van der Waals surface area contributed by atoms with Crippen LogP contribution in [0.5, 0.6) is 0 Å². The van der Waals surface area contributed by atoms with Crippen LogP contribution in [0.15, 0.2) is 24.3 Å². The van der Waals surface area contributed by atoms with Gasteiger partial charge in [0, 0.05) is 11.1 Å². The summed E-state index contributed by atoms with van der Waals surface area (Å²) in [7, 11) is 0. The summed E-state index contributed by atoms with van der Waals surface area (Å²) in [5.41, 5.74) is 7.51. The molecule has 1 saturated carbocycles. The van der Waals surface area contributed by atoms with Crippen LogP contribution in [0, 0.1) is 11.8 Å². The highest BCUT2D eigenvalue weighted by atomic mass is 35.5. The van der Waals surface area contributed by atoms with Crippen LogP contribution in [0.4, 0.5) is 0 Å². The molecular weight excluding hydrogens is 218 g/mol. The molecule has 0 radical (unpaired) electrons. The molecule has 0 spiro atoms. The second-order valence-electron chi connectivity index (χ2n) is 5.10. The van der Waals surface area contributed by atoms with Crippen molar-refractivity contribution in [1.29, 1.82) is 0 Å². The van der Waals surface area contributed by atoms with E-state index in [1.807, 2.05) is 18.2 Å². The first kappa shape index (κ1) is 11.9. The van der Waals surface area contributed by atoms with Gasteiger partial charge in [-0.1, -0.05) is 43.5 Å². The molecule has 0 saturated heterocycles. The van der Waals surface area contributed by atoms with Crippen molar-refractivity contribution < 1.29 is 0 Å². The zero-order valence-electron chi connectivity index (χ0n) is 9.83. The molecule has 0 amide bonds. The first-order chi connectivity index (χ1) is 7.66. The number of nitrogens with two attached hydrogens (primary N) is 1. The average molecular weight is 238 g/mol. The Balaban J connectivity index is 2.04. The van der Waals surface area contributed by atoms with E-state index in [9.17, 15) is 0 Å². The third-order valence-corrected chi connectivity index (χ3v) is 4.04. The number of halogens is 1. The van der Waals surface area contributed by atoms with Gasteiger partial charge < -0.3 is 5.73 Å². The molecule has 0 bridgehead atoms. The zero-order valence-corrected chi connectivity index (χ0v) is 10.6. The van der Waals surface area contributed by atoms with Crippen molar-refractivity contribution in [2.75, 3.05) is 0 Å². The summed E-state index contributed by atoms with van der Waals surface area (Å²) in [6.45, 7) is 2.33.